The number of nitrogens with zero attached hydrogens (tertiary/aromatic N) is 1. The molecule has 1 unspecified atom stereocenters. The Hall–Kier alpha value is -2.37. The summed E-state index contributed by atoms with van der Waals surface area (Å²) in [4.78, 5) is 36.1. The molecule has 1 saturated heterocycles. The van der Waals surface area contributed by atoms with E-state index in [1.54, 1.807) is 37.3 Å². The number of hydrogen-bond acceptors (Lipinski definition) is 4. The first-order chi connectivity index (χ1) is 9.04. The zero-order valence-electron chi connectivity index (χ0n) is 10.3. The van der Waals surface area contributed by atoms with Crippen molar-refractivity contribution < 1.29 is 24.2 Å². The zero-order valence-corrected chi connectivity index (χ0v) is 10.3. The number of anilines is 1. The van der Waals surface area contributed by atoms with Crippen LogP contribution in [0, 0.1) is 0 Å². The van der Waals surface area contributed by atoms with E-state index in [1.807, 2.05) is 0 Å². The number of esters is 1. The van der Waals surface area contributed by atoms with Crippen LogP contribution in [-0.2, 0) is 19.1 Å². The molecule has 2 rings (SSSR count). The zero-order chi connectivity index (χ0) is 14.0. The minimum absolute atomic E-state index is 0.0602. The Labute approximate surface area is 109 Å². The fourth-order valence-corrected chi connectivity index (χ4v) is 2.11. The largest absolute Gasteiger partial charge is 0.479 e. The van der Waals surface area contributed by atoms with E-state index >= 15 is 0 Å². The minimum atomic E-state index is -1.94. The predicted octanol–water partition coefficient (Wildman–Crippen LogP) is 0.810. The summed E-state index contributed by atoms with van der Waals surface area (Å²) in [5, 5.41) is 9.34. The summed E-state index contributed by atoms with van der Waals surface area (Å²) in [5.74, 6) is -2.71. The van der Waals surface area contributed by atoms with Gasteiger partial charge in [-0.3, -0.25) is 9.69 Å². The van der Waals surface area contributed by atoms with E-state index in [0.29, 0.717) is 5.69 Å². The summed E-state index contributed by atoms with van der Waals surface area (Å²) >= 11 is 0. The summed E-state index contributed by atoms with van der Waals surface area (Å²) in [6.45, 7) is 1.64. The first-order valence-corrected chi connectivity index (χ1v) is 5.82. The molecule has 1 amide bonds. The van der Waals surface area contributed by atoms with Gasteiger partial charge in [-0.25, -0.2) is 9.59 Å². The summed E-state index contributed by atoms with van der Waals surface area (Å²) in [6.07, 6.45) is -0.379. The maximum atomic E-state index is 11.9. The van der Waals surface area contributed by atoms with Gasteiger partial charge in [0.2, 0.25) is 5.91 Å². The molecule has 6 heteroatoms. The highest BCUT2D eigenvalue weighted by Crippen LogP contribution is 2.38. The number of carbonyl (C=O) groups excluding carboxylic acids is 2. The van der Waals surface area contributed by atoms with E-state index in [-0.39, 0.29) is 13.0 Å². The maximum absolute atomic E-state index is 11.9. The molecule has 1 aliphatic rings. The van der Waals surface area contributed by atoms with Crippen molar-refractivity contribution in [2.45, 2.75) is 18.9 Å². The second-order valence-electron chi connectivity index (χ2n) is 4.13. The third-order valence-electron chi connectivity index (χ3n) is 3.02. The minimum Gasteiger partial charge on any atom is -0.479 e. The number of amides is 1. The molecule has 1 atom stereocenters. The molecule has 0 aromatic heterocycles. The van der Waals surface area contributed by atoms with Gasteiger partial charge in [-0.05, 0) is 19.1 Å². The van der Waals surface area contributed by atoms with E-state index < -0.39 is 23.4 Å². The summed E-state index contributed by atoms with van der Waals surface area (Å²) in [5.41, 5.74) is -1.57. The van der Waals surface area contributed by atoms with Crippen molar-refractivity contribution in [1.29, 1.82) is 0 Å². The van der Waals surface area contributed by atoms with Gasteiger partial charge < -0.3 is 9.84 Å². The predicted molar refractivity (Wildman–Crippen MR) is 65.5 cm³/mol. The van der Waals surface area contributed by atoms with Crippen molar-refractivity contribution in [2.24, 2.45) is 0 Å². The van der Waals surface area contributed by atoms with E-state index in [9.17, 15) is 19.5 Å². The quantitative estimate of drug-likeness (QED) is 0.493. The highest BCUT2D eigenvalue weighted by atomic mass is 16.5. The van der Waals surface area contributed by atoms with Crippen LogP contribution in [0.4, 0.5) is 5.69 Å². The molecule has 0 aliphatic carbocycles. The standard InChI is InChI=1S/C13H13NO5/c1-2-19-12(18)13(11(16)17)8-10(15)14(13)9-6-4-3-5-7-9/h3-7H,2,8H2,1H3,(H,16,17). The fourth-order valence-electron chi connectivity index (χ4n) is 2.11. The van der Waals surface area contributed by atoms with Crippen molar-refractivity contribution in [3.8, 4) is 0 Å². The molecule has 0 saturated carbocycles. The molecule has 100 valence electrons. The molecule has 1 fully saturated rings. The molecule has 1 N–H and O–H groups in total. The van der Waals surface area contributed by atoms with E-state index in [1.165, 1.54) is 0 Å². The second-order valence-corrected chi connectivity index (χ2v) is 4.13. The molecule has 1 aromatic carbocycles. The third kappa shape index (κ3) is 1.85. The normalized spacial score (nSPS) is 21.7. The number of para-hydroxylation sites is 1. The maximum Gasteiger partial charge on any atom is 0.344 e. The van der Waals surface area contributed by atoms with Gasteiger partial charge in [0.25, 0.3) is 5.54 Å². The first kappa shape index (κ1) is 13.1. The highest BCUT2D eigenvalue weighted by molar-refractivity contribution is 6.23. The van der Waals surface area contributed by atoms with Crippen LogP contribution >= 0.6 is 0 Å². The Morgan fingerprint density at radius 2 is 2.00 bits per heavy atom. The number of ether oxygens (including phenoxy) is 1. The number of benzene rings is 1. The Bertz CT molecular complexity index is 527. The number of aliphatic carboxylic acids is 1. The Morgan fingerprint density at radius 1 is 1.37 bits per heavy atom. The van der Waals surface area contributed by atoms with Gasteiger partial charge in [-0.2, -0.15) is 0 Å². The lowest BCUT2D eigenvalue weighted by atomic mass is 9.83. The Kier molecular flexibility index (Phi) is 3.25. The number of rotatable bonds is 4. The topological polar surface area (TPSA) is 83.9 Å². The van der Waals surface area contributed by atoms with Crippen LogP contribution in [0.1, 0.15) is 13.3 Å². The molecule has 0 radical (unpaired) electrons. The average Bonchev–Trinajstić information content (AvgIpc) is 2.36. The van der Waals surface area contributed by atoms with Crippen LogP contribution in [-0.4, -0.2) is 35.1 Å². The molecule has 0 bridgehead atoms. The first-order valence-electron chi connectivity index (χ1n) is 5.82. The molecular formula is C13H13NO5. The van der Waals surface area contributed by atoms with Gasteiger partial charge >= 0.3 is 11.9 Å². The van der Waals surface area contributed by atoms with Crippen LogP contribution in [0.25, 0.3) is 0 Å². The van der Waals surface area contributed by atoms with Crippen molar-refractivity contribution in [2.75, 3.05) is 11.5 Å². The van der Waals surface area contributed by atoms with Crippen molar-refractivity contribution in [3.63, 3.8) is 0 Å². The van der Waals surface area contributed by atoms with E-state index in [4.69, 9.17) is 4.74 Å². The summed E-state index contributed by atoms with van der Waals surface area (Å²) < 4.78 is 4.80. The fraction of sp³-hybridized carbons (Fsp3) is 0.308. The lowest BCUT2D eigenvalue weighted by molar-refractivity contribution is -0.168. The lowest BCUT2D eigenvalue weighted by Gasteiger charge is -2.46. The highest BCUT2D eigenvalue weighted by Gasteiger charge is 2.64. The number of β-lactam (4-membered cyclic amide) rings is 1. The average molecular weight is 263 g/mol. The third-order valence-corrected chi connectivity index (χ3v) is 3.02. The van der Waals surface area contributed by atoms with Gasteiger partial charge in [0.05, 0.1) is 13.0 Å². The van der Waals surface area contributed by atoms with Crippen LogP contribution in [0.15, 0.2) is 30.3 Å². The molecule has 0 spiro atoms. The Morgan fingerprint density at radius 3 is 2.47 bits per heavy atom. The molecule has 1 aliphatic heterocycles. The molecule has 6 nitrogen and oxygen atoms in total. The van der Waals surface area contributed by atoms with Crippen molar-refractivity contribution in [3.05, 3.63) is 30.3 Å². The van der Waals surface area contributed by atoms with Crippen LogP contribution in [0.5, 0.6) is 0 Å². The number of carboxylic acid groups (broad SMARTS) is 1. The van der Waals surface area contributed by atoms with Gasteiger partial charge in [0.15, 0.2) is 0 Å². The number of carboxylic acids is 1. The molecule has 1 aromatic rings. The van der Waals surface area contributed by atoms with Crippen LogP contribution in [0.3, 0.4) is 0 Å². The van der Waals surface area contributed by atoms with E-state index in [0.717, 1.165) is 4.90 Å². The van der Waals surface area contributed by atoms with Gasteiger partial charge in [0.1, 0.15) is 0 Å². The summed E-state index contributed by atoms with van der Waals surface area (Å²) in [7, 11) is 0. The van der Waals surface area contributed by atoms with Crippen molar-refractivity contribution >= 4 is 23.5 Å². The monoisotopic (exact) mass is 263 g/mol. The molecule has 19 heavy (non-hydrogen) atoms. The van der Waals surface area contributed by atoms with E-state index in [2.05, 4.69) is 0 Å². The summed E-state index contributed by atoms with van der Waals surface area (Å²) in [6, 6.07) is 8.22. The SMILES string of the molecule is CCOC(=O)C1(C(=O)O)CC(=O)N1c1ccccc1. The second kappa shape index (κ2) is 4.72. The smallest absolute Gasteiger partial charge is 0.344 e. The van der Waals surface area contributed by atoms with Gasteiger partial charge in [0, 0.05) is 5.69 Å². The number of hydrogen-bond donors (Lipinski definition) is 1. The van der Waals surface area contributed by atoms with Crippen LogP contribution < -0.4 is 4.90 Å². The number of carbonyl (C=O) groups is 3. The van der Waals surface area contributed by atoms with Crippen molar-refractivity contribution in [1.82, 2.24) is 0 Å². The molecular weight excluding hydrogens is 250 g/mol. The molecule has 1 heterocycles. The lowest BCUT2D eigenvalue weighted by Crippen LogP contribution is -2.73. The van der Waals surface area contributed by atoms with Gasteiger partial charge in [-0.15, -0.1) is 0 Å². The Balaban J connectivity index is 2.43. The van der Waals surface area contributed by atoms with Gasteiger partial charge in [-0.1, -0.05) is 18.2 Å². The van der Waals surface area contributed by atoms with Crippen LogP contribution in [0.2, 0.25) is 0 Å².